The third kappa shape index (κ3) is 18.9. The van der Waals surface area contributed by atoms with Crippen LogP contribution < -0.4 is 37.2 Å². The van der Waals surface area contributed by atoms with Crippen molar-refractivity contribution in [3.8, 4) is 0 Å². The lowest BCUT2D eigenvalue weighted by Gasteiger charge is -2.40. The number of aliphatic hydroxyl groups is 1. The van der Waals surface area contributed by atoms with Gasteiger partial charge in [0, 0.05) is 68.1 Å². The Morgan fingerprint density at radius 2 is 1.38 bits per heavy atom. The van der Waals surface area contributed by atoms with E-state index in [9.17, 15) is 42.3 Å². The first-order valence-corrected chi connectivity index (χ1v) is 33.0. The van der Waals surface area contributed by atoms with E-state index in [-0.39, 0.29) is 94.8 Å². The van der Waals surface area contributed by atoms with Crippen molar-refractivity contribution in [2.24, 2.45) is 46.8 Å². The predicted molar refractivity (Wildman–Crippen MR) is 300 cm³/mol. The molecule has 24 heteroatoms. The summed E-state index contributed by atoms with van der Waals surface area (Å²) in [6, 6.07) is -0.946. The second-order valence-electron chi connectivity index (χ2n) is 24.4. The SMILES string of the molecule is CC1NCSC1C1CCC(CNC(=O)[C@@H]2C[C@@H](O)CN2C(=O)[C@@H](NC(=O)COCCOCCOCC(=O)NCC2CCCC(C3CCCC(C4CSC(NC(=O)CNC(=O)C5CCN(S(C)(=O)=O)C5)N4)C3)C2)C(C)(C)C)CC1. The number of hydrogen-bond acceptors (Lipinski definition) is 16. The summed E-state index contributed by atoms with van der Waals surface area (Å²) < 4.78 is 41.7. The molecule has 7 fully saturated rings. The number of rotatable bonds is 25. The summed E-state index contributed by atoms with van der Waals surface area (Å²) in [4.78, 5) is 80.1. The number of aliphatic hydroxyl groups excluding tert-OH is 1. The van der Waals surface area contributed by atoms with Crippen molar-refractivity contribution in [3.63, 3.8) is 0 Å². The van der Waals surface area contributed by atoms with Gasteiger partial charge >= 0.3 is 0 Å². The Morgan fingerprint density at radius 1 is 0.718 bits per heavy atom. The summed E-state index contributed by atoms with van der Waals surface area (Å²) in [7, 11) is -3.35. The van der Waals surface area contributed by atoms with Crippen LogP contribution in [0.25, 0.3) is 0 Å². The molecule has 0 spiro atoms. The molecule has 0 radical (unpaired) electrons. The highest BCUT2D eigenvalue weighted by Gasteiger charge is 2.45. The molecule has 78 heavy (non-hydrogen) atoms. The van der Waals surface area contributed by atoms with Crippen LogP contribution in [0.1, 0.15) is 118 Å². The van der Waals surface area contributed by atoms with E-state index in [0.717, 1.165) is 75.7 Å². The molecule has 8 N–H and O–H groups in total. The molecule has 12 atom stereocenters. The van der Waals surface area contributed by atoms with Gasteiger partial charge in [-0.2, -0.15) is 0 Å². The van der Waals surface area contributed by atoms with Crippen LogP contribution in [0.15, 0.2) is 0 Å². The minimum Gasteiger partial charge on any atom is -0.391 e. The summed E-state index contributed by atoms with van der Waals surface area (Å²) in [6.07, 6.45) is 14.5. The fraction of sp³-hybridized carbons (Fsp3) is 0.889. The van der Waals surface area contributed by atoms with Crippen LogP contribution in [-0.4, -0.2) is 196 Å². The zero-order chi connectivity index (χ0) is 56.0. The highest BCUT2D eigenvalue weighted by Crippen LogP contribution is 2.44. The van der Waals surface area contributed by atoms with Gasteiger partial charge in [0.15, 0.2) is 0 Å². The van der Waals surface area contributed by atoms with Crippen LogP contribution in [0.4, 0.5) is 0 Å². The number of β-amino-alcohol motifs (C(OH)–C–C–N with tert-alkyl or cyclic N) is 1. The minimum atomic E-state index is -3.35. The van der Waals surface area contributed by atoms with Crippen molar-refractivity contribution in [1.82, 2.24) is 46.4 Å². The molecule has 4 aliphatic heterocycles. The lowest BCUT2D eigenvalue weighted by molar-refractivity contribution is -0.144. The van der Waals surface area contributed by atoms with Crippen LogP contribution in [0.2, 0.25) is 0 Å². The van der Waals surface area contributed by atoms with Crippen molar-refractivity contribution in [3.05, 3.63) is 0 Å². The average molecular weight is 1160 g/mol. The van der Waals surface area contributed by atoms with E-state index >= 15 is 0 Å². The van der Waals surface area contributed by atoms with Crippen LogP contribution in [0.5, 0.6) is 0 Å². The Labute approximate surface area is 472 Å². The van der Waals surface area contributed by atoms with Crippen molar-refractivity contribution < 1.29 is 56.5 Å². The summed E-state index contributed by atoms with van der Waals surface area (Å²) in [5.41, 5.74) is -0.913. The minimum absolute atomic E-state index is 0.0177. The Kier molecular flexibility index (Phi) is 24.1. The lowest BCUT2D eigenvalue weighted by atomic mass is 9.67. The number of hydrogen-bond donors (Lipinski definition) is 8. The summed E-state index contributed by atoms with van der Waals surface area (Å²) >= 11 is 3.69. The first-order valence-electron chi connectivity index (χ1n) is 29.0. The van der Waals surface area contributed by atoms with Crippen LogP contribution in [-0.2, 0) is 53.0 Å². The van der Waals surface area contributed by atoms with Gasteiger partial charge < -0.3 is 56.1 Å². The molecule has 0 aromatic heterocycles. The van der Waals surface area contributed by atoms with Crippen molar-refractivity contribution >= 4 is 69.0 Å². The van der Waals surface area contributed by atoms with E-state index < -0.39 is 51.4 Å². The topological polar surface area (TPSA) is 275 Å². The van der Waals surface area contributed by atoms with E-state index in [0.29, 0.717) is 78.9 Å². The van der Waals surface area contributed by atoms with Crippen LogP contribution >= 0.6 is 23.5 Å². The molecular weight excluding hydrogens is 1060 g/mol. The number of ether oxygens (including phenoxy) is 3. The number of sulfonamides is 1. The number of likely N-dealkylation sites (tertiary alicyclic amines) is 1. The van der Waals surface area contributed by atoms with E-state index in [2.05, 4.69) is 44.1 Å². The van der Waals surface area contributed by atoms with Gasteiger partial charge in [0.2, 0.25) is 45.5 Å². The number of carbonyl (C=O) groups is 6. The highest BCUT2D eigenvalue weighted by molar-refractivity contribution is 8.00. The quantitative estimate of drug-likeness (QED) is 0.0605. The summed E-state index contributed by atoms with van der Waals surface area (Å²) in [5, 5.41) is 33.1. The smallest absolute Gasteiger partial charge is 0.246 e. The molecule has 3 saturated carbocycles. The Bertz CT molecular complexity index is 2120. The maximum Gasteiger partial charge on any atom is 0.246 e. The fourth-order valence-electron chi connectivity index (χ4n) is 13.1. The van der Waals surface area contributed by atoms with Crippen LogP contribution in [0, 0.1) is 46.8 Å². The number of amides is 6. The fourth-order valence-corrected chi connectivity index (χ4v) is 16.7. The summed E-state index contributed by atoms with van der Waals surface area (Å²) in [6.45, 7) is 9.73. The second-order valence-corrected chi connectivity index (χ2v) is 28.7. The molecular formula is C54H93N9O12S3. The van der Waals surface area contributed by atoms with Crippen molar-refractivity contribution in [1.29, 1.82) is 0 Å². The van der Waals surface area contributed by atoms with Crippen molar-refractivity contribution in [2.75, 3.05) is 96.8 Å². The van der Waals surface area contributed by atoms with E-state index in [4.69, 9.17) is 14.2 Å². The standard InChI is InChI=1S/C54H93N9O12S3/c1-34-48(77-33-58-34)37-14-12-35(13-15-37)25-56-51(69)44-24-42(64)29-63(44)52(70)49(54(2,3)4)60-47(67)31-75-21-19-73-18-20-74-30-46(66)55-26-36-8-6-9-38(22-36)39-10-7-11-40(23-39)43-32-76-53(59-43)61-45(65)27-57-50(68)41-16-17-62(28-41)78(5,71)72/h34-44,48-49,53,58-59,64H,6-33H2,1-5H3,(H,55,66)(H,56,69)(H,57,68)(H,60,67)(H,61,65)/t34?,35?,36?,37?,38?,39?,40?,41?,42-,43?,44+,48?,49-,53?/m1/s1. The monoisotopic (exact) mass is 1160 g/mol. The van der Waals surface area contributed by atoms with Gasteiger partial charge in [0.1, 0.15) is 30.8 Å². The molecule has 7 aliphatic rings. The first kappa shape index (κ1) is 62.8. The number of carbonyl (C=O) groups excluding carboxylic acids is 6. The van der Waals surface area contributed by atoms with Gasteiger partial charge in [-0.1, -0.05) is 46.5 Å². The van der Waals surface area contributed by atoms with E-state index in [1.165, 1.54) is 28.5 Å². The van der Waals surface area contributed by atoms with Gasteiger partial charge in [-0.15, -0.1) is 23.5 Å². The molecule has 9 unspecified atom stereocenters. The van der Waals surface area contributed by atoms with Crippen LogP contribution in [0.3, 0.4) is 0 Å². The molecule has 21 nitrogen and oxygen atoms in total. The highest BCUT2D eigenvalue weighted by atomic mass is 32.2. The Balaban J connectivity index is 0.705. The number of nitrogens with one attached hydrogen (secondary N) is 7. The molecule has 3 aliphatic carbocycles. The van der Waals surface area contributed by atoms with Gasteiger partial charge in [-0.25, -0.2) is 12.7 Å². The molecule has 4 saturated heterocycles. The van der Waals surface area contributed by atoms with Crippen molar-refractivity contribution in [2.45, 2.75) is 159 Å². The maximum atomic E-state index is 14.0. The van der Waals surface area contributed by atoms with E-state index in [1.54, 1.807) is 11.8 Å². The maximum absolute atomic E-state index is 14.0. The largest absolute Gasteiger partial charge is 0.391 e. The third-order valence-corrected chi connectivity index (χ3v) is 21.4. The molecule has 0 bridgehead atoms. The average Bonchev–Trinajstić information content (AvgIpc) is 4.28. The molecule has 444 valence electrons. The third-order valence-electron chi connectivity index (χ3n) is 17.5. The molecule has 7 rings (SSSR count). The Morgan fingerprint density at radius 3 is 2.06 bits per heavy atom. The van der Waals surface area contributed by atoms with Gasteiger partial charge in [-0.05, 0) is 106 Å². The van der Waals surface area contributed by atoms with Gasteiger partial charge in [-0.3, -0.25) is 34.1 Å². The second kappa shape index (κ2) is 30.0. The molecule has 0 aromatic rings. The number of nitrogens with zero attached hydrogens (tertiary/aromatic N) is 2. The lowest BCUT2D eigenvalue weighted by Crippen LogP contribution is -2.58. The molecule has 4 heterocycles. The Hall–Kier alpha value is -2.81. The van der Waals surface area contributed by atoms with Gasteiger partial charge in [0.25, 0.3) is 0 Å². The molecule has 0 aromatic carbocycles. The predicted octanol–water partition coefficient (Wildman–Crippen LogP) is 1.73. The van der Waals surface area contributed by atoms with E-state index in [1.807, 2.05) is 32.5 Å². The summed E-state index contributed by atoms with van der Waals surface area (Å²) in [5.74, 6) is 2.83. The zero-order valence-electron chi connectivity index (χ0n) is 46.9. The normalized spacial score (nSPS) is 32.3. The molecule has 6 amide bonds. The number of thioether (sulfide) groups is 2. The van der Waals surface area contributed by atoms with Gasteiger partial charge in [0.05, 0.1) is 51.2 Å². The first-order chi connectivity index (χ1) is 37.2. The zero-order valence-corrected chi connectivity index (χ0v) is 49.4.